The van der Waals surface area contributed by atoms with Gasteiger partial charge in [0.2, 0.25) is 0 Å². The first kappa shape index (κ1) is 22.5. The second kappa shape index (κ2) is 9.43. The molecule has 0 saturated heterocycles. The summed E-state index contributed by atoms with van der Waals surface area (Å²) >= 11 is 3.93. The molecule has 0 unspecified atom stereocenters. The number of halogens is 1. The van der Waals surface area contributed by atoms with Crippen molar-refractivity contribution in [2.75, 3.05) is 13.7 Å². The van der Waals surface area contributed by atoms with Crippen molar-refractivity contribution in [2.45, 2.75) is 16.8 Å². The summed E-state index contributed by atoms with van der Waals surface area (Å²) in [6.45, 7) is -0.354. The number of esters is 2. The molecule has 4 rings (SSSR count). The number of hydrogen-bond donors (Lipinski definition) is 0. The van der Waals surface area contributed by atoms with Gasteiger partial charge in [-0.25, -0.2) is 4.79 Å². The first-order chi connectivity index (χ1) is 15.5. The SMILES string of the molecule is COC(=O)COC(=O)[C@@H]1C[C@@]1(Br)C[Si](c1ccccc1)(c1ccccc1)c1ccccc1. The molecular formula is C26H25BrO4Si. The molecule has 0 aromatic heterocycles. The lowest BCUT2D eigenvalue weighted by Crippen LogP contribution is -2.68. The molecule has 6 heteroatoms. The van der Waals surface area contributed by atoms with Crippen LogP contribution in [0, 0.1) is 5.92 Å². The molecule has 0 bridgehead atoms. The molecule has 32 heavy (non-hydrogen) atoms. The van der Waals surface area contributed by atoms with Gasteiger partial charge in [-0.05, 0) is 28.0 Å². The van der Waals surface area contributed by atoms with Crippen molar-refractivity contribution in [3.05, 3.63) is 91.0 Å². The van der Waals surface area contributed by atoms with E-state index in [9.17, 15) is 9.59 Å². The summed E-state index contributed by atoms with van der Waals surface area (Å²) in [6.07, 6.45) is 0.675. The predicted octanol–water partition coefficient (Wildman–Crippen LogP) is 3.03. The second-order valence-electron chi connectivity index (χ2n) is 8.16. The maximum atomic E-state index is 12.7. The number of ether oxygens (including phenoxy) is 2. The van der Waals surface area contributed by atoms with E-state index in [0.29, 0.717) is 6.42 Å². The Kier molecular flexibility index (Phi) is 6.62. The standard InChI is InChI=1S/C26H25BrO4Si/c1-30-24(28)18-31-25(29)23-17-26(23,27)19-32(20-11-5-2-6-12-20,21-13-7-3-8-14-21)22-15-9-4-10-16-22/h2-16,23H,17-19H2,1H3/t23-,26+/m0/s1. The number of methoxy groups -OCH3 is 1. The maximum Gasteiger partial charge on any atom is 0.344 e. The number of alkyl halides is 1. The Bertz CT molecular complexity index is 978. The van der Waals surface area contributed by atoms with E-state index in [2.05, 4.69) is 93.5 Å². The Morgan fingerprint density at radius 3 is 1.72 bits per heavy atom. The number of rotatable bonds is 8. The fourth-order valence-electron chi connectivity index (χ4n) is 4.47. The smallest absolute Gasteiger partial charge is 0.344 e. The lowest BCUT2D eigenvalue weighted by molar-refractivity contribution is -0.157. The maximum absolute atomic E-state index is 12.7. The van der Waals surface area contributed by atoms with Gasteiger partial charge in [0.25, 0.3) is 0 Å². The van der Waals surface area contributed by atoms with Gasteiger partial charge >= 0.3 is 11.9 Å². The summed E-state index contributed by atoms with van der Waals surface area (Å²) in [5, 5.41) is 3.89. The Morgan fingerprint density at radius 1 is 0.875 bits per heavy atom. The fraction of sp³-hybridized carbons (Fsp3) is 0.231. The van der Waals surface area contributed by atoms with Gasteiger partial charge in [-0.3, -0.25) is 4.79 Å². The van der Waals surface area contributed by atoms with Crippen LogP contribution in [0.15, 0.2) is 91.0 Å². The van der Waals surface area contributed by atoms with E-state index < -0.39 is 14.0 Å². The van der Waals surface area contributed by atoms with Gasteiger partial charge < -0.3 is 9.47 Å². The summed E-state index contributed by atoms with van der Waals surface area (Å²) in [7, 11) is -1.20. The molecule has 0 N–H and O–H groups in total. The monoisotopic (exact) mass is 508 g/mol. The summed E-state index contributed by atoms with van der Waals surface area (Å²) in [5.41, 5.74) is 0. The molecule has 1 aliphatic rings. The first-order valence-electron chi connectivity index (χ1n) is 10.6. The van der Waals surface area contributed by atoms with Crippen LogP contribution >= 0.6 is 15.9 Å². The molecule has 164 valence electrons. The van der Waals surface area contributed by atoms with Gasteiger partial charge in [0.1, 0.15) is 8.07 Å². The van der Waals surface area contributed by atoms with Crippen molar-refractivity contribution in [1.82, 2.24) is 0 Å². The molecule has 3 aromatic carbocycles. The highest BCUT2D eigenvalue weighted by Crippen LogP contribution is 2.56. The number of carbonyl (C=O) groups is 2. The normalized spacial score (nSPS) is 19.8. The summed E-state index contributed by atoms with van der Waals surface area (Å²) < 4.78 is 9.42. The van der Waals surface area contributed by atoms with Crippen LogP contribution in [-0.4, -0.2) is 38.1 Å². The van der Waals surface area contributed by atoms with Crippen molar-refractivity contribution in [1.29, 1.82) is 0 Å². The summed E-state index contributed by atoms with van der Waals surface area (Å²) in [4.78, 5) is 24.1. The Hall–Kier alpha value is -2.70. The average molecular weight is 509 g/mol. The van der Waals surface area contributed by atoms with Crippen LogP contribution in [0.25, 0.3) is 0 Å². The van der Waals surface area contributed by atoms with E-state index >= 15 is 0 Å². The molecule has 0 heterocycles. The van der Waals surface area contributed by atoms with Gasteiger partial charge in [-0.1, -0.05) is 107 Å². The van der Waals surface area contributed by atoms with E-state index in [1.807, 2.05) is 18.2 Å². The van der Waals surface area contributed by atoms with E-state index in [4.69, 9.17) is 4.74 Å². The molecule has 3 aromatic rings. The zero-order chi connectivity index (χ0) is 22.6. The highest BCUT2D eigenvalue weighted by atomic mass is 79.9. The number of benzene rings is 3. The summed E-state index contributed by atoms with van der Waals surface area (Å²) in [5.74, 6) is -1.21. The Morgan fingerprint density at radius 2 is 1.31 bits per heavy atom. The lowest BCUT2D eigenvalue weighted by Gasteiger charge is -2.36. The van der Waals surface area contributed by atoms with Crippen molar-refractivity contribution in [3.8, 4) is 0 Å². The summed E-state index contributed by atoms with van der Waals surface area (Å²) in [6, 6.07) is 32.6. The van der Waals surface area contributed by atoms with Crippen LogP contribution in [0.4, 0.5) is 0 Å². The van der Waals surface area contributed by atoms with E-state index in [0.717, 1.165) is 6.04 Å². The van der Waals surface area contributed by atoms with Crippen LogP contribution in [0.1, 0.15) is 6.42 Å². The highest BCUT2D eigenvalue weighted by Gasteiger charge is 2.62. The van der Waals surface area contributed by atoms with Gasteiger partial charge in [-0.15, -0.1) is 0 Å². The zero-order valence-electron chi connectivity index (χ0n) is 17.9. The largest absolute Gasteiger partial charge is 0.466 e. The third-order valence-electron chi connectivity index (χ3n) is 6.21. The molecule has 1 aliphatic carbocycles. The minimum Gasteiger partial charge on any atom is -0.466 e. The topological polar surface area (TPSA) is 52.6 Å². The van der Waals surface area contributed by atoms with E-state index in [1.54, 1.807) is 0 Å². The molecule has 2 atom stereocenters. The molecule has 4 nitrogen and oxygen atoms in total. The van der Waals surface area contributed by atoms with Crippen LogP contribution in [0.3, 0.4) is 0 Å². The molecule has 1 fully saturated rings. The molecule has 0 radical (unpaired) electrons. The molecule has 0 amide bonds. The lowest BCUT2D eigenvalue weighted by atomic mass is 10.3. The predicted molar refractivity (Wildman–Crippen MR) is 132 cm³/mol. The number of carbonyl (C=O) groups excluding carboxylic acids is 2. The highest BCUT2D eigenvalue weighted by molar-refractivity contribution is 9.10. The minimum atomic E-state index is -2.48. The van der Waals surface area contributed by atoms with Crippen LogP contribution in [0.2, 0.25) is 6.04 Å². The first-order valence-corrected chi connectivity index (χ1v) is 13.6. The van der Waals surface area contributed by atoms with Crippen molar-refractivity contribution in [3.63, 3.8) is 0 Å². The third kappa shape index (κ3) is 4.43. The van der Waals surface area contributed by atoms with Crippen molar-refractivity contribution >= 4 is 51.5 Å². The average Bonchev–Trinajstić information content (AvgIpc) is 3.53. The van der Waals surface area contributed by atoms with E-state index in [1.165, 1.54) is 22.7 Å². The van der Waals surface area contributed by atoms with Gasteiger partial charge in [-0.2, -0.15) is 0 Å². The molecule has 0 aliphatic heterocycles. The van der Waals surface area contributed by atoms with Gasteiger partial charge in [0, 0.05) is 4.32 Å². The number of hydrogen-bond acceptors (Lipinski definition) is 4. The minimum absolute atomic E-state index is 0.296. The Balaban J connectivity index is 1.74. The van der Waals surface area contributed by atoms with Crippen LogP contribution in [-0.2, 0) is 19.1 Å². The van der Waals surface area contributed by atoms with Crippen LogP contribution < -0.4 is 15.6 Å². The van der Waals surface area contributed by atoms with Gasteiger partial charge in [0.15, 0.2) is 6.61 Å². The second-order valence-corrected chi connectivity index (χ2v) is 13.6. The fourth-order valence-corrected chi connectivity index (χ4v) is 11.4. The van der Waals surface area contributed by atoms with Crippen LogP contribution in [0.5, 0.6) is 0 Å². The molecule has 0 spiro atoms. The Labute approximate surface area is 197 Å². The third-order valence-corrected chi connectivity index (χ3v) is 13.0. The molecule has 1 saturated carbocycles. The van der Waals surface area contributed by atoms with Gasteiger partial charge in [0.05, 0.1) is 13.0 Å². The van der Waals surface area contributed by atoms with Crippen molar-refractivity contribution < 1.29 is 19.1 Å². The van der Waals surface area contributed by atoms with Crippen molar-refractivity contribution in [2.24, 2.45) is 5.92 Å². The molecular weight excluding hydrogens is 484 g/mol. The quantitative estimate of drug-likeness (QED) is 0.203. The zero-order valence-corrected chi connectivity index (χ0v) is 20.5. The van der Waals surface area contributed by atoms with E-state index in [-0.39, 0.29) is 22.8 Å².